The molecule has 0 radical (unpaired) electrons. The number of hydrogen-bond donors (Lipinski definition) is 3. The quantitative estimate of drug-likeness (QED) is 0.543. The molecular weight excluding hydrogens is 168 g/mol. The van der Waals surface area contributed by atoms with Gasteiger partial charge in [0.15, 0.2) is 0 Å². The molecule has 1 amide bonds. The van der Waals surface area contributed by atoms with Gasteiger partial charge in [0.05, 0.1) is 0 Å². The molecule has 0 aromatic rings. The van der Waals surface area contributed by atoms with Gasteiger partial charge in [0.1, 0.15) is 0 Å². The van der Waals surface area contributed by atoms with Crippen molar-refractivity contribution in [1.82, 2.24) is 5.32 Å². The van der Waals surface area contributed by atoms with Crippen LogP contribution in [0.25, 0.3) is 0 Å². The van der Waals surface area contributed by atoms with Gasteiger partial charge in [-0.3, -0.25) is 4.79 Å². The molecule has 0 unspecified atom stereocenters. The van der Waals surface area contributed by atoms with E-state index in [9.17, 15) is 4.79 Å². The number of amides is 1. The molecule has 0 saturated carbocycles. The van der Waals surface area contributed by atoms with Crippen molar-refractivity contribution in [2.45, 2.75) is 26.7 Å². The van der Waals surface area contributed by atoms with Crippen LogP contribution in [0.3, 0.4) is 0 Å². The van der Waals surface area contributed by atoms with Crippen LogP contribution in [-0.4, -0.2) is 30.7 Å². The first kappa shape index (κ1) is 12.4. The number of nitrogens with one attached hydrogen (secondary N) is 1. The van der Waals surface area contributed by atoms with Gasteiger partial charge >= 0.3 is 0 Å². The number of carbonyl (C=O) groups is 1. The van der Waals surface area contributed by atoms with Crippen LogP contribution in [0.1, 0.15) is 26.7 Å². The molecule has 0 saturated heterocycles. The summed E-state index contributed by atoms with van der Waals surface area (Å²) < 4.78 is 0. The van der Waals surface area contributed by atoms with Gasteiger partial charge in [0.2, 0.25) is 5.91 Å². The van der Waals surface area contributed by atoms with E-state index < -0.39 is 0 Å². The average Bonchev–Trinajstić information content (AvgIpc) is 2.11. The molecule has 4 N–H and O–H groups in total. The van der Waals surface area contributed by atoms with Gasteiger partial charge in [-0.25, -0.2) is 0 Å². The van der Waals surface area contributed by atoms with Crippen LogP contribution < -0.4 is 11.1 Å². The molecular formula is C9H20N2O2. The number of nitrogens with two attached hydrogens (primary N) is 1. The highest BCUT2D eigenvalue weighted by Crippen LogP contribution is 2.11. The van der Waals surface area contributed by atoms with E-state index in [1.54, 1.807) is 0 Å². The summed E-state index contributed by atoms with van der Waals surface area (Å²) in [6.07, 6.45) is 1.18. The van der Waals surface area contributed by atoms with E-state index in [4.69, 9.17) is 10.8 Å². The Morgan fingerprint density at radius 3 is 2.62 bits per heavy atom. The monoisotopic (exact) mass is 188 g/mol. The van der Waals surface area contributed by atoms with Crippen molar-refractivity contribution in [3.8, 4) is 0 Å². The fraction of sp³-hybridized carbons (Fsp3) is 0.889. The summed E-state index contributed by atoms with van der Waals surface area (Å²) in [5.74, 6) is 0.00646. The maximum Gasteiger partial charge on any atom is 0.220 e. The predicted octanol–water partition coefficient (Wildman–Crippen LogP) is -0.140. The molecule has 0 rings (SSSR count). The number of carbonyl (C=O) groups excluding carboxylic acids is 1. The van der Waals surface area contributed by atoms with Crippen LogP contribution in [0.5, 0.6) is 0 Å². The fourth-order valence-corrected chi connectivity index (χ4v) is 0.745. The van der Waals surface area contributed by atoms with Crippen LogP contribution in [-0.2, 0) is 4.79 Å². The second-order valence-electron chi connectivity index (χ2n) is 3.99. The molecule has 0 aliphatic carbocycles. The number of aliphatic hydroxyl groups excluding tert-OH is 1. The van der Waals surface area contributed by atoms with Crippen LogP contribution >= 0.6 is 0 Å². The lowest BCUT2D eigenvalue weighted by Crippen LogP contribution is -2.36. The first-order chi connectivity index (χ1) is 6.02. The van der Waals surface area contributed by atoms with Gasteiger partial charge < -0.3 is 16.2 Å². The minimum Gasteiger partial charge on any atom is -0.396 e. The minimum absolute atomic E-state index is 0.00646. The second kappa shape index (κ2) is 5.94. The van der Waals surface area contributed by atoms with Crippen molar-refractivity contribution in [2.24, 2.45) is 11.1 Å². The molecule has 0 atom stereocenters. The molecule has 0 aromatic carbocycles. The van der Waals surface area contributed by atoms with Crippen molar-refractivity contribution in [1.29, 1.82) is 0 Å². The summed E-state index contributed by atoms with van der Waals surface area (Å²) in [5.41, 5.74) is 5.03. The summed E-state index contributed by atoms with van der Waals surface area (Å²) in [5, 5.41) is 11.7. The van der Waals surface area contributed by atoms with Gasteiger partial charge in [-0.1, -0.05) is 13.8 Å². The van der Waals surface area contributed by atoms with Crippen LogP contribution in [0.4, 0.5) is 0 Å². The first-order valence-corrected chi connectivity index (χ1v) is 4.59. The smallest absolute Gasteiger partial charge is 0.220 e. The number of hydrogen-bond acceptors (Lipinski definition) is 3. The molecule has 0 aliphatic rings. The van der Waals surface area contributed by atoms with Crippen molar-refractivity contribution in [3.05, 3.63) is 0 Å². The van der Waals surface area contributed by atoms with Crippen molar-refractivity contribution in [3.63, 3.8) is 0 Å². The highest BCUT2D eigenvalue weighted by molar-refractivity contribution is 5.75. The van der Waals surface area contributed by atoms with Crippen LogP contribution in [0.2, 0.25) is 0 Å². The minimum atomic E-state index is -0.238. The standard InChI is InChI=1S/C9H20N2O2/c1-9(2,7-12)6-11-8(13)4-3-5-10/h12H,3-7,10H2,1-2H3,(H,11,13). The molecule has 4 heteroatoms. The summed E-state index contributed by atoms with van der Waals surface area (Å²) in [6.45, 7) is 4.92. The maximum atomic E-state index is 11.1. The van der Waals surface area contributed by atoms with E-state index in [2.05, 4.69) is 5.32 Å². The van der Waals surface area contributed by atoms with Crippen LogP contribution in [0, 0.1) is 5.41 Å². The topological polar surface area (TPSA) is 75.3 Å². The summed E-state index contributed by atoms with van der Waals surface area (Å²) in [4.78, 5) is 11.1. The fourth-order valence-electron chi connectivity index (χ4n) is 0.745. The maximum absolute atomic E-state index is 11.1. The summed E-state index contributed by atoms with van der Waals surface area (Å²) in [6, 6.07) is 0. The van der Waals surface area contributed by atoms with E-state index >= 15 is 0 Å². The predicted molar refractivity (Wildman–Crippen MR) is 52.2 cm³/mol. The zero-order chi connectivity index (χ0) is 10.3. The Balaban J connectivity index is 3.57. The van der Waals surface area contributed by atoms with Crippen LogP contribution in [0.15, 0.2) is 0 Å². The summed E-state index contributed by atoms with van der Waals surface area (Å²) >= 11 is 0. The average molecular weight is 188 g/mol. The van der Waals surface area contributed by atoms with E-state index in [0.717, 1.165) is 0 Å². The van der Waals surface area contributed by atoms with Crippen molar-refractivity contribution in [2.75, 3.05) is 19.7 Å². The van der Waals surface area contributed by atoms with E-state index in [-0.39, 0.29) is 17.9 Å². The Morgan fingerprint density at radius 1 is 1.54 bits per heavy atom. The van der Waals surface area contributed by atoms with E-state index in [1.807, 2.05) is 13.8 Å². The lowest BCUT2D eigenvalue weighted by atomic mass is 9.95. The van der Waals surface area contributed by atoms with Gasteiger partial charge in [0.25, 0.3) is 0 Å². The number of rotatable bonds is 6. The summed E-state index contributed by atoms with van der Waals surface area (Å²) in [7, 11) is 0. The van der Waals surface area contributed by atoms with Crippen molar-refractivity contribution < 1.29 is 9.90 Å². The Morgan fingerprint density at radius 2 is 2.15 bits per heavy atom. The van der Waals surface area contributed by atoms with Gasteiger partial charge in [-0.2, -0.15) is 0 Å². The van der Waals surface area contributed by atoms with Gasteiger partial charge in [0, 0.05) is 25.0 Å². The first-order valence-electron chi connectivity index (χ1n) is 4.59. The molecule has 0 aliphatic heterocycles. The second-order valence-corrected chi connectivity index (χ2v) is 3.99. The lowest BCUT2D eigenvalue weighted by molar-refractivity contribution is -0.121. The third-order valence-electron chi connectivity index (χ3n) is 1.80. The molecule has 78 valence electrons. The van der Waals surface area contributed by atoms with Gasteiger partial charge in [-0.15, -0.1) is 0 Å². The SMILES string of the molecule is CC(C)(CO)CNC(=O)CCCN. The Hall–Kier alpha value is -0.610. The molecule has 13 heavy (non-hydrogen) atoms. The molecule has 0 bridgehead atoms. The Bertz CT molecular complexity index is 158. The highest BCUT2D eigenvalue weighted by atomic mass is 16.3. The largest absolute Gasteiger partial charge is 0.396 e. The normalized spacial score (nSPS) is 11.4. The van der Waals surface area contributed by atoms with E-state index in [0.29, 0.717) is 25.9 Å². The molecule has 0 heterocycles. The Labute approximate surface area is 79.5 Å². The molecule has 0 aromatic heterocycles. The zero-order valence-corrected chi connectivity index (χ0v) is 8.47. The highest BCUT2D eigenvalue weighted by Gasteiger charge is 2.16. The lowest BCUT2D eigenvalue weighted by Gasteiger charge is -2.21. The Kier molecular flexibility index (Phi) is 5.66. The number of aliphatic hydroxyl groups is 1. The molecule has 0 fully saturated rings. The third-order valence-corrected chi connectivity index (χ3v) is 1.80. The van der Waals surface area contributed by atoms with E-state index in [1.165, 1.54) is 0 Å². The third kappa shape index (κ3) is 6.54. The zero-order valence-electron chi connectivity index (χ0n) is 8.47. The van der Waals surface area contributed by atoms with Crippen molar-refractivity contribution >= 4 is 5.91 Å². The molecule has 0 spiro atoms. The van der Waals surface area contributed by atoms with Gasteiger partial charge in [-0.05, 0) is 13.0 Å². The molecule has 4 nitrogen and oxygen atoms in total.